The van der Waals surface area contributed by atoms with Crippen molar-refractivity contribution in [2.45, 2.75) is 6.42 Å². The van der Waals surface area contributed by atoms with Crippen molar-refractivity contribution in [3.63, 3.8) is 0 Å². The minimum absolute atomic E-state index is 0.0731. The lowest BCUT2D eigenvalue weighted by molar-refractivity contribution is -0.479. The predicted octanol–water partition coefficient (Wildman–Crippen LogP) is 1.40. The molecular weight excluding hydrogens is 222 g/mol. The average molecular weight is 235 g/mol. The van der Waals surface area contributed by atoms with Crippen molar-refractivity contribution in [1.82, 2.24) is 9.55 Å². The number of hydrogen-bond donors (Lipinski definition) is 0. The molecule has 2 rings (SSSR count). The highest BCUT2D eigenvalue weighted by molar-refractivity contribution is 5.81. The third-order valence-corrected chi connectivity index (χ3v) is 2.67. The predicted molar refractivity (Wildman–Crippen MR) is 62.8 cm³/mol. The van der Waals surface area contributed by atoms with E-state index in [0.29, 0.717) is 12.2 Å². The number of nitro groups is 1. The first-order valence-electron chi connectivity index (χ1n) is 5.21. The third-order valence-electron chi connectivity index (χ3n) is 2.67. The van der Waals surface area contributed by atoms with Gasteiger partial charge >= 0.3 is 0 Å². The largest absolute Gasteiger partial charge is 0.495 e. The molecule has 90 valence electrons. The van der Waals surface area contributed by atoms with Gasteiger partial charge in [-0.3, -0.25) is 10.1 Å². The van der Waals surface area contributed by atoms with Crippen LogP contribution in [0.15, 0.2) is 18.5 Å². The summed E-state index contributed by atoms with van der Waals surface area (Å²) in [6.07, 6.45) is 3.92. The Morgan fingerprint density at radius 3 is 3.00 bits per heavy atom. The Morgan fingerprint density at radius 2 is 2.35 bits per heavy atom. The van der Waals surface area contributed by atoms with Gasteiger partial charge in [0.1, 0.15) is 11.4 Å². The van der Waals surface area contributed by atoms with E-state index < -0.39 is 0 Å². The van der Waals surface area contributed by atoms with E-state index in [0.717, 1.165) is 16.6 Å². The van der Waals surface area contributed by atoms with Gasteiger partial charge in [-0.2, -0.15) is 0 Å². The van der Waals surface area contributed by atoms with Gasteiger partial charge in [0.2, 0.25) is 6.54 Å². The monoisotopic (exact) mass is 235 g/mol. The zero-order chi connectivity index (χ0) is 12.4. The SMILES string of the molecule is COc1cnc2c(c1)c(CC[N+](=O)[O-])cn2C. The van der Waals surface area contributed by atoms with E-state index in [4.69, 9.17) is 4.74 Å². The Bertz CT molecular complexity index is 562. The maximum atomic E-state index is 10.4. The molecule has 2 aromatic heterocycles. The van der Waals surface area contributed by atoms with Crippen LogP contribution in [0.1, 0.15) is 5.56 Å². The zero-order valence-corrected chi connectivity index (χ0v) is 9.71. The molecule has 0 amide bonds. The Balaban J connectivity index is 2.43. The van der Waals surface area contributed by atoms with Gasteiger partial charge in [-0.05, 0) is 11.6 Å². The highest BCUT2D eigenvalue weighted by atomic mass is 16.6. The van der Waals surface area contributed by atoms with Crippen molar-refractivity contribution in [3.05, 3.63) is 34.1 Å². The molecule has 0 atom stereocenters. The maximum absolute atomic E-state index is 10.4. The van der Waals surface area contributed by atoms with Gasteiger partial charge in [0.25, 0.3) is 0 Å². The van der Waals surface area contributed by atoms with E-state index >= 15 is 0 Å². The average Bonchev–Trinajstić information content (AvgIpc) is 2.63. The summed E-state index contributed by atoms with van der Waals surface area (Å²) in [7, 11) is 3.44. The van der Waals surface area contributed by atoms with Crippen molar-refractivity contribution in [3.8, 4) is 5.75 Å². The Morgan fingerprint density at radius 1 is 1.59 bits per heavy atom. The fourth-order valence-electron chi connectivity index (χ4n) is 1.84. The molecule has 0 saturated carbocycles. The van der Waals surface area contributed by atoms with Crippen LogP contribution in [0, 0.1) is 10.1 Å². The molecule has 6 nitrogen and oxygen atoms in total. The van der Waals surface area contributed by atoms with Crippen LogP contribution in [0.4, 0.5) is 0 Å². The normalized spacial score (nSPS) is 10.7. The summed E-state index contributed by atoms with van der Waals surface area (Å²) in [5.41, 5.74) is 1.73. The number of ether oxygens (including phenoxy) is 1. The molecule has 0 unspecified atom stereocenters. The molecule has 0 fully saturated rings. The van der Waals surface area contributed by atoms with Gasteiger partial charge in [-0.1, -0.05) is 0 Å². The lowest BCUT2D eigenvalue weighted by Crippen LogP contribution is -2.03. The minimum Gasteiger partial charge on any atom is -0.495 e. The van der Waals surface area contributed by atoms with Crippen LogP contribution in [-0.4, -0.2) is 28.1 Å². The molecule has 0 N–H and O–H groups in total. The van der Waals surface area contributed by atoms with Crippen molar-refractivity contribution in [2.24, 2.45) is 7.05 Å². The molecule has 0 saturated heterocycles. The van der Waals surface area contributed by atoms with Crippen LogP contribution >= 0.6 is 0 Å². The van der Waals surface area contributed by atoms with Crippen molar-refractivity contribution in [2.75, 3.05) is 13.7 Å². The third kappa shape index (κ3) is 2.20. The van der Waals surface area contributed by atoms with E-state index in [1.165, 1.54) is 0 Å². The lowest BCUT2D eigenvalue weighted by atomic mass is 10.1. The number of pyridine rings is 1. The van der Waals surface area contributed by atoms with Gasteiger partial charge < -0.3 is 9.30 Å². The van der Waals surface area contributed by atoms with E-state index in [9.17, 15) is 10.1 Å². The quantitative estimate of drug-likeness (QED) is 0.593. The van der Waals surface area contributed by atoms with Crippen LogP contribution in [0.2, 0.25) is 0 Å². The molecule has 2 aromatic rings. The number of aromatic nitrogens is 2. The highest BCUT2D eigenvalue weighted by Gasteiger charge is 2.11. The van der Waals surface area contributed by atoms with Gasteiger partial charge in [-0.25, -0.2) is 4.98 Å². The first-order valence-corrected chi connectivity index (χ1v) is 5.21. The van der Waals surface area contributed by atoms with Gasteiger partial charge in [0.15, 0.2) is 0 Å². The van der Waals surface area contributed by atoms with Crippen LogP contribution in [0.25, 0.3) is 11.0 Å². The smallest absolute Gasteiger partial charge is 0.207 e. The lowest BCUT2D eigenvalue weighted by Gasteiger charge is -2.00. The van der Waals surface area contributed by atoms with Crippen LogP contribution in [-0.2, 0) is 13.5 Å². The summed E-state index contributed by atoms with van der Waals surface area (Å²) in [4.78, 5) is 14.4. The molecular formula is C11H13N3O3. The molecule has 0 bridgehead atoms. The molecule has 0 spiro atoms. The van der Waals surface area contributed by atoms with Gasteiger partial charge in [-0.15, -0.1) is 0 Å². The fraction of sp³-hybridized carbons (Fsp3) is 0.364. The van der Waals surface area contributed by atoms with Crippen LogP contribution < -0.4 is 4.74 Å². The summed E-state index contributed by atoms with van der Waals surface area (Å²) in [6.45, 7) is -0.0731. The van der Waals surface area contributed by atoms with Crippen LogP contribution in [0.3, 0.4) is 0 Å². The van der Waals surface area contributed by atoms with E-state index in [-0.39, 0.29) is 11.5 Å². The Hall–Kier alpha value is -2.11. The van der Waals surface area contributed by atoms with E-state index in [1.807, 2.05) is 23.9 Å². The number of methoxy groups -OCH3 is 1. The number of rotatable bonds is 4. The standard InChI is InChI=1S/C11H13N3O3/c1-13-7-8(3-4-14(15)16)10-5-9(17-2)6-12-11(10)13/h5-7H,3-4H2,1-2H3. The number of aryl methyl sites for hydroxylation is 1. The highest BCUT2D eigenvalue weighted by Crippen LogP contribution is 2.23. The topological polar surface area (TPSA) is 70.2 Å². The summed E-state index contributed by atoms with van der Waals surface area (Å²) in [5.74, 6) is 0.658. The van der Waals surface area contributed by atoms with Gasteiger partial charge in [0, 0.05) is 30.0 Å². The molecule has 0 aliphatic carbocycles. The summed E-state index contributed by atoms with van der Waals surface area (Å²) < 4.78 is 6.97. The van der Waals surface area contributed by atoms with Gasteiger partial charge in [0.05, 0.1) is 13.3 Å². The molecule has 17 heavy (non-hydrogen) atoms. The molecule has 0 radical (unpaired) electrons. The summed E-state index contributed by atoms with van der Waals surface area (Å²) in [6, 6.07) is 1.86. The van der Waals surface area contributed by atoms with Crippen molar-refractivity contribution >= 4 is 11.0 Å². The first kappa shape index (κ1) is 11.4. The second-order valence-corrected chi connectivity index (χ2v) is 3.82. The molecule has 0 aromatic carbocycles. The van der Waals surface area contributed by atoms with E-state index in [1.54, 1.807) is 13.3 Å². The number of nitrogens with zero attached hydrogens (tertiary/aromatic N) is 3. The van der Waals surface area contributed by atoms with Crippen LogP contribution in [0.5, 0.6) is 5.75 Å². The van der Waals surface area contributed by atoms with Crippen molar-refractivity contribution < 1.29 is 9.66 Å². The second kappa shape index (κ2) is 4.40. The second-order valence-electron chi connectivity index (χ2n) is 3.82. The minimum atomic E-state index is -0.313. The van der Waals surface area contributed by atoms with E-state index in [2.05, 4.69) is 4.98 Å². The molecule has 0 aliphatic rings. The summed E-state index contributed by atoms with van der Waals surface area (Å²) >= 11 is 0. The number of fused-ring (bicyclic) bond motifs is 1. The molecule has 2 heterocycles. The molecule has 6 heteroatoms. The maximum Gasteiger partial charge on any atom is 0.207 e. The first-order chi connectivity index (χ1) is 8.11. The van der Waals surface area contributed by atoms with Crippen molar-refractivity contribution in [1.29, 1.82) is 0 Å². The fourth-order valence-corrected chi connectivity index (χ4v) is 1.84. The Labute approximate surface area is 98.0 Å². The molecule has 0 aliphatic heterocycles. The number of hydrogen-bond acceptors (Lipinski definition) is 4. The summed E-state index contributed by atoms with van der Waals surface area (Å²) in [5, 5.41) is 11.3. The zero-order valence-electron chi connectivity index (χ0n) is 9.71. The Kier molecular flexibility index (Phi) is 2.95.